The molecule has 3 N–H and O–H groups in total. The normalized spacial score (nSPS) is 10.8. The number of thioether (sulfide) groups is 1. The molecule has 0 aliphatic carbocycles. The largest absolute Gasteiger partial charge is 0.335 e. The molecule has 0 radical (unpaired) electrons. The maximum atomic E-state index is 12.1. The molecule has 0 aliphatic rings. The summed E-state index contributed by atoms with van der Waals surface area (Å²) in [4.78, 5) is 13.1. The molecule has 0 saturated heterocycles. The van der Waals surface area contributed by atoms with Crippen LogP contribution in [0.3, 0.4) is 0 Å². The van der Waals surface area contributed by atoms with Crippen LogP contribution in [0.1, 0.15) is 5.56 Å². The molecule has 0 unspecified atom stereocenters. The average Bonchev–Trinajstić information content (AvgIpc) is 3.19. The van der Waals surface area contributed by atoms with Crippen molar-refractivity contribution in [1.29, 1.82) is 0 Å². The summed E-state index contributed by atoms with van der Waals surface area (Å²) in [6.07, 6.45) is 0. The molecule has 0 aliphatic heterocycles. The van der Waals surface area contributed by atoms with Crippen LogP contribution in [0.25, 0.3) is 10.7 Å². The van der Waals surface area contributed by atoms with E-state index in [9.17, 15) is 4.79 Å². The van der Waals surface area contributed by atoms with E-state index in [2.05, 4.69) is 15.5 Å². The summed E-state index contributed by atoms with van der Waals surface area (Å²) in [6.45, 7) is 1.86. The van der Waals surface area contributed by atoms with Crippen LogP contribution < -0.4 is 11.2 Å². The van der Waals surface area contributed by atoms with Crippen molar-refractivity contribution in [2.75, 3.05) is 16.9 Å². The number of nitrogens with two attached hydrogens (primary N) is 1. The van der Waals surface area contributed by atoms with Crippen molar-refractivity contribution in [2.24, 2.45) is 0 Å². The van der Waals surface area contributed by atoms with Crippen LogP contribution in [0, 0.1) is 6.92 Å². The molecule has 124 valence electrons. The molecule has 24 heavy (non-hydrogen) atoms. The van der Waals surface area contributed by atoms with Crippen molar-refractivity contribution in [1.82, 2.24) is 14.9 Å². The number of benzene rings is 1. The minimum Gasteiger partial charge on any atom is -0.335 e. The van der Waals surface area contributed by atoms with Gasteiger partial charge in [-0.2, -0.15) is 0 Å². The van der Waals surface area contributed by atoms with Crippen LogP contribution in [0.4, 0.5) is 5.69 Å². The molecule has 0 fully saturated rings. The average molecular weight is 380 g/mol. The van der Waals surface area contributed by atoms with Gasteiger partial charge in [0, 0.05) is 10.7 Å². The van der Waals surface area contributed by atoms with Crippen LogP contribution in [0.15, 0.2) is 40.9 Å². The second kappa shape index (κ2) is 7.25. The highest BCUT2D eigenvalue weighted by atomic mass is 35.5. The lowest BCUT2D eigenvalue weighted by atomic mass is 10.2. The summed E-state index contributed by atoms with van der Waals surface area (Å²) in [5.74, 6) is 6.60. The summed E-state index contributed by atoms with van der Waals surface area (Å²) in [6, 6.07) is 9.22. The van der Waals surface area contributed by atoms with E-state index in [1.165, 1.54) is 27.8 Å². The first kappa shape index (κ1) is 16.8. The standard InChI is InChI=1S/C15H14ClN5OS2/c1-9-10(16)4-2-5-11(9)18-13(22)8-24-15-20-19-14(21(15)17)12-6-3-7-23-12/h2-7H,8,17H2,1H3,(H,18,22). The highest BCUT2D eigenvalue weighted by molar-refractivity contribution is 7.99. The van der Waals surface area contributed by atoms with Gasteiger partial charge in [-0.25, -0.2) is 4.68 Å². The number of hydrogen-bond donors (Lipinski definition) is 2. The first-order valence-corrected chi connectivity index (χ1v) is 9.22. The Balaban J connectivity index is 1.64. The van der Waals surface area contributed by atoms with Gasteiger partial charge in [0.1, 0.15) is 0 Å². The quantitative estimate of drug-likeness (QED) is 0.524. The Morgan fingerprint density at radius 1 is 1.38 bits per heavy atom. The van der Waals surface area contributed by atoms with Crippen LogP contribution in [0.5, 0.6) is 0 Å². The van der Waals surface area contributed by atoms with E-state index in [4.69, 9.17) is 17.4 Å². The fourth-order valence-electron chi connectivity index (χ4n) is 2.01. The second-order valence-corrected chi connectivity index (χ2v) is 7.20. The zero-order valence-electron chi connectivity index (χ0n) is 12.7. The highest BCUT2D eigenvalue weighted by Crippen LogP contribution is 2.26. The Kier molecular flexibility index (Phi) is 5.08. The van der Waals surface area contributed by atoms with Gasteiger partial charge >= 0.3 is 0 Å². The van der Waals surface area contributed by atoms with Crippen molar-refractivity contribution in [3.8, 4) is 10.7 Å². The molecule has 0 bridgehead atoms. The number of carbonyl (C=O) groups excluding carboxylic acids is 1. The van der Waals surface area contributed by atoms with E-state index >= 15 is 0 Å². The van der Waals surface area contributed by atoms with Gasteiger partial charge in [0.25, 0.3) is 0 Å². The maximum absolute atomic E-state index is 12.1. The zero-order valence-corrected chi connectivity index (χ0v) is 15.1. The van der Waals surface area contributed by atoms with Crippen LogP contribution in [-0.2, 0) is 4.79 Å². The molecule has 0 spiro atoms. The number of halogens is 1. The van der Waals surface area contributed by atoms with E-state index in [1.54, 1.807) is 12.1 Å². The number of nitrogens with zero attached hydrogens (tertiary/aromatic N) is 3. The van der Waals surface area contributed by atoms with Crippen LogP contribution in [0.2, 0.25) is 5.02 Å². The number of nitrogen functional groups attached to an aromatic ring is 1. The second-order valence-electron chi connectivity index (χ2n) is 4.90. The molecule has 3 rings (SSSR count). The van der Waals surface area contributed by atoms with Crippen molar-refractivity contribution in [3.05, 3.63) is 46.3 Å². The molecule has 2 heterocycles. The van der Waals surface area contributed by atoms with Gasteiger partial charge in [-0.1, -0.05) is 35.5 Å². The van der Waals surface area contributed by atoms with Crippen molar-refractivity contribution in [2.45, 2.75) is 12.1 Å². The first-order valence-electron chi connectivity index (χ1n) is 6.98. The highest BCUT2D eigenvalue weighted by Gasteiger charge is 2.15. The SMILES string of the molecule is Cc1c(Cl)cccc1NC(=O)CSc1nnc(-c2cccs2)n1N. The van der Waals surface area contributed by atoms with Crippen molar-refractivity contribution >= 4 is 46.3 Å². The molecule has 6 nitrogen and oxygen atoms in total. The molecule has 0 saturated carbocycles. The lowest BCUT2D eigenvalue weighted by Gasteiger charge is -2.09. The number of rotatable bonds is 5. The number of amides is 1. The predicted octanol–water partition coefficient (Wildman–Crippen LogP) is 3.41. The maximum Gasteiger partial charge on any atom is 0.234 e. The third kappa shape index (κ3) is 3.55. The topological polar surface area (TPSA) is 85.8 Å². The lowest BCUT2D eigenvalue weighted by Crippen LogP contribution is -2.17. The molecular formula is C15H14ClN5OS2. The van der Waals surface area contributed by atoms with E-state index in [1.807, 2.05) is 30.5 Å². The molecule has 3 aromatic rings. The summed E-state index contributed by atoms with van der Waals surface area (Å²) in [7, 11) is 0. The summed E-state index contributed by atoms with van der Waals surface area (Å²) in [5, 5.41) is 14.0. The molecule has 0 atom stereocenters. The number of aromatic nitrogens is 3. The molecule has 1 amide bonds. The van der Waals surface area contributed by atoms with Gasteiger partial charge < -0.3 is 11.2 Å². The number of carbonyl (C=O) groups is 1. The third-order valence-electron chi connectivity index (χ3n) is 3.28. The van der Waals surface area contributed by atoms with E-state index < -0.39 is 0 Å². The van der Waals surface area contributed by atoms with Crippen molar-refractivity contribution in [3.63, 3.8) is 0 Å². The monoisotopic (exact) mass is 379 g/mol. The fourth-order valence-corrected chi connectivity index (χ4v) is 3.55. The Morgan fingerprint density at radius 3 is 2.96 bits per heavy atom. The lowest BCUT2D eigenvalue weighted by molar-refractivity contribution is -0.113. The Bertz CT molecular complexity index is 863. The minimum absolute atomic E-state index is 0.161. The Hall–Kier alpha value is -2.03. The number of hydrogen-bond acceptors (Lipinski definition) is 6. The van der Waals surface area contributed by atoms with Gasteiger partial charge in [0.2, 0.25) is 11.1 Å². The first-order chi connectivity index (χ1) is 11.6. The predicted molar refractivity (Wildman–Crippen MR) is 99.0 cm³/mol. The Morgan fingerprint density at radius 2 is 2.21 bits per heavy atom. The van der Waals surface area contributed by atoms with Gasteiger partial charge in [-0.05, 0) is 36.1 Å². The van der Waals surface area contributed by atoms with Gasteiger partial charge in [0.05, 0.1) is 10.6 Å². The van der Waals surface area contributed by atoms with Gasteiger partial charge in [0.15, 0.2) is 5.82 Å². The summed E-state index contributed by atoms with van der Waals surface area (Å²) in [5.41, 5.74) is 1.53. The number of thiophene rings is 1. The summed E-state index contributed by atoms with van der Waals surface area (Å²) < 4.78 is 1.40. The molecule has 1 aromatic carbocycles. The van der Waals surface area contributed by atoms with E-state index in [-0.39, 0.29) is 11.7 Å². The van der Waals surface area contributed by atoms with E-state index in [0.29, 0.717) is 21.7 Å². The minimum atomic E-state index is -0.161. The number of anilines is 1. The Labute approximate surface area is 152 Å². The number of nitrogens with one attached hydrogen (secondary N) is 1. The summed E-state index contributed by atoms with van der Waals surface area (Å²) >= 11 is 8.80. The van der Waals surface area contributed by atoms with Crippen LogP contribution in [-0.4, -0.2) is 26.5 Å². The molecular weight excluding hydrogens is 366 g/mol. The zero-order chi connectivity index (χ0) is 17.1. The van der Waals surface area contributed by atoms with Crippen molar-refractivity contribution < 1.29 is 4.79 Å². The molecule has 2 aromatic heterocycles. The van der Waals surface area contributed by atoms with Gasteiger partial charge in [-0.15, -0.1) is 21.5 Å². The third-order valence-corrected chi connectivity index (χ3v) is 5.50. The fraction of sp³-hybridized carbons (Fsp3) is 0.133. The smallest absolute Gasteiger partial charge is 0.234 e. The van der Waals surface area contributed by atoms with Crippen LogP contribution >= 0.6 is 34.7 Å². The van der Waals surface area contributed by atoms with Gasteiger partial charge in [-0.3, -0.25) is 4.79 Å². The van der Waals surface area contributed by atoms with E-state index in [0.717, 1.165) is 10.4 Å². The molecule has 9 heteroatoms.